The van der Waals surface area contributed by atoms with Gasteiger partial charge in [0, 0.05) is 18.1 Å². The molecule has 4 N–H and O–H groups in total. The van der Waals surface area contributed by atoms with Crippen LogP contribution in [0.5, 0.6) is 0 Å². The molecule has 0 unspecified atom stereocenters. The van der Waals surface area contributed by atoms with Gasteiger partial charge in [-0.2, -0.15) is 0 Å². The van der Waals surface area contributed by atoms with Crippen molar-refractivity contribution in [3.63, 3.8) is 0 Å². The van der Waals surface area contributed by atoms with E-state index in [4.69, 9.17) is 15.5 Å². The molecule has 8 nitrogen and oxygen atoms in total. The Kier molecular flexibility index (Phi) is 3.16. The van der Waals surface area contributed by atoms with Gasteiger partial charge in [-0.05, 0) is 12.5 Å². The van der Waals surface area contributed by atoms with Gasteiger partial charge in [-0.3, -0.25) is 13.8 Å². The maximum atomic E-state index is 11.0. The third-order valence-electron chi connectivity index (χ3n) is 2.37. The number of aromatic nitrogens is 3. The van der Waals surface area contributed by atoms with Crippen molar-refractivity contribution < 1.29 is 19.1 Å². The number of fused-ring (bicyclic) bond motifs is 1. The van der Waals surface area contributed by atoms with E-state index in [0.29, 0.717) is 5.69 Å². The zero-order valence-electron chi connectivity index (χ0n) is 9.22. The minimum Gasteiger partial charge on any atom is -0.364 e. The number of nitrogens with zero attached hydrogens (tertiary/aromatic N) is 3. The van der Waals surface area contributed by atoms with E-state index in [2.05, 4.69) is 9.97 Å². The molecule has 2 rings (SSSR count). The van der Waals surface area contributed by atoms with Crippen LogP contribution in [0.2, 0.25) is 0 Å². The van der Waals surface area contributed by atoms with E-state index in [9.17, 15) is 9.36 Å². The number of carbonyl (C=O) groups is 1. The third-order valence-corrected chi connectivity index (χ3v) is 3.17. The molecule has 1 amide bonds. The molecule has 0 radical (unpaired) electrons. The maximum absolute atomic E-state index is 11.0. The lowest BCUT2D eigenvalue weighted by molar-refractivity contribution is 0.0996. The van der Waals surface area contributed by atoms with Gasteiger partial charge in [-0.25, -0.2) is 9.97 Å². The Bertz CT molecular complexity index is 647. The monoisotopic (exact) mass is 270 g/mol. The number of primary amides is 1. The largest absolute Gasteiger partial charge is 0.364 e. The van der Waals surface area contributed by atoms with Crippen molar-refractivity contribution in [2.45, 2.75) is 6.42 Å². The number of amides is 1. The molecular weight excluding hydrogens is 259 g/mol. The Morgan fingerprint density at radius 2 is 2.22 bits per heavy atom. The van der Waals surface area contributed by atoms with Crippen LogP contribution >= 0.6 is 7.60 Å². The van der Waals surface area contributed by atoms with Crippen LogP contribution in [-0.2, 0) is 11.0 Å². The van der Waals surface area contributed by atoms with Crippen LogP contribution in [0.25, 0.3) is 5.78 Å². The Morgan fingerprint density at radius 1 is 1.50 bits per heavy atom. The first-order chi connectivity index (χ1) is 8.37. The topological polar surface area (TPSA) is 131 Å². The van der Waals surface area contributed by atoms with Gasteiger partial charge in [0.1, 0.15) is 5.69 Å². The Balaban J connectivity index is 2.39. The Hall–Kier alpha value is -1.76. The van der Waals surface area contributed by atoms with Gasteiger partial charge in [0.05, 0.1) is 6.16 Å². The molecule has 18 heavy (non-hydrogen) atoms. The molecule has 0 aliphatic rings. The van der Waals surface area contributed by atoms with Crippen molar-refractivity contribution in [1.29, 1.82) is 0 Å². The van der Waals surface area contributed by atoms with Crippen molar-refractivity contribution >= 4 is 19.3 Å². The fourth-order valence-electron chi connectivity index (χ4n) is 1.53. The van der Waals surface area contributed by atoms with Gasteiger partial charge >= 0.3 is 7.60 Å². The van der Waals surface area contributed by atoms with Gasteiger partial charge < -0.3 is 15.5 Å². The minimum absolute atomic E-state index is 0.0612. The lowest BCUT2D eigenvalue weighted by Gasteiger charge is -2.05. The van der Waals surface area contributed by atoms with Crippen molar-refractivity contribution in [1.82, 2.24) is 14.4 Å². The highest BCUT2D eigenvalue weighted by Gasteiger charge is 2.15. The van der Waals surface area contributed by atoms with Crippen molar-refractivity contribution in [3.05, 3.63) is 29.8 Å². The van der Waals surface area contributed by atoms with Gasteiger partial charge in [0.15, 0.2) is 0 Å². The molecule has 96 valence electrons. The predicted octanol–water partition coefficient (Wildman–Crippen LogP) is -0.452. The molecule has 9 heteroatoms. The zero-order valence-corrected chi connectivity index (χ0v) is 10.1. The number of rotatable bonds is 4. The summed E-state index contributed by atoms with van der Waals surface area (Å²) in [5.74, 6) is -0.409. The number of hydrogen-bond donors (Lipinski definition) is 3. The molecule has 0 spiro atoms. The van der Waals surface area contributed by atoms with E-state index in [-0.39, 0.29) is 24.1 Å². The van der Waals surface area contributed by atoms with Crippen LogP contribution in [0.1, 0.15) is 16.2 Å². The summed E-state index contributed by atoms with van der Waals surface area (Å²) >= 11 is 0. The zero-order chi connectivity index (χ0) is 13.3. The quantitative estimate of drug-likeness (QED) is 0.645. The lowest BCUT2D eigenvalue weighted by atomic mass is 10.3. The molecule has 2 aromatic heterocycles. The molecule has 0 aromatic carbocycles. The summed E-state index contributed by atoms with van der Waals surface area (Å²) in [6, 6.07) is 1.61. The second-order valence-electron chi connectivity index (χ2n) is 3.73. The molecule has 0 atom stereocenters. The van der Waals surface area contributed by atoms with Crippen LogP contribution < -0.4 is 5.73 Å². The summed E-state index contributed by atoms with van der Waals surface area (Å²) in [5, 5.41) is 0. The first-order valence-electron chi connectivity index (χ1n) is 5.04. The minimum atomic E-state index is -4.07. The van der Waals surface area contributed by atoms with E-state index in [1.165, 1.54) is 16.8 Å². The van der Waals surface area contributed by atoms with Gasteiger partial charge in [0.25, 0.3) is 5.91 Å². The number of hydrogen-bond acceptors (Lipinski definition) is 4. The van der Waals surface area contributed by atoms with Crippen LogP contribution in [0.3, 0.4) is 0 Å². The highest BCUT2D eigenvalue weighted by atomic mass is 31.2. The molecule has 0 bridgehead atoms. The molecule has 2 aromatic rings. The summed E-state index contributed by atoms with van der Waals surface area (Å²) in [6.07, 6.45) is 2.73. The number of nitrogens with two attached hydrogens (primary N) is 1. The second-order valence-corrected chi connectivity index (χ2v) is 5.51. The molecule has 0 aliphatic carbocycles. The van der Waals surface area contributed by atoms with Gasteiger partial charge in [-0.15, -0.1) is 0 Å². The number of aryl methyl sites for hydroxylation is 1. The summed E-state index contributed by atoms with van der Waals surface area (Å²) in [6.45, 7) is 0. The van der Waals surface area contributed by atoms with Gasteiger partial charge in [-0.1, -0.05) is 0 Å². The van der Waals surface area contributed by atoms with Crippen LogP contribution in [-0.4, -0.2) is 36.2 Å². The Labute approximate surface area is 102 Å². The molecule has 2 heterocycles. The van der Waals surface area contributed by atoms with Crippen molar-refractivity contribution in [2.75, 3.05) is 6.16 Å². The Morgan fingerprint density at radius 3 is 2.83 bits per heavy atom. The highest BCUT2D eigenvalue weighted by Crippen LogP contribution is 2.34. The number of carbonyl (C=O) groups excluding carboxylic acids is 1. The first kappa shape index (κ1) is 12.7. The predicted molar refractivity (Wildman–Crippen MR) is 62.1 cm³/mol. The van der Waals surface area contributed by atoms with Crippen LogP contribution in [0, 0.1) is 0 Å². The van der Waals surface area contributed by atoms with E-state index in [1.54, 1.807) is 6.07 Å². The fourth-order valence-corrected chi connectivity index (χ4v) is 2.05. The maximum Gasteiger partial charge on any atom is 0.325 e. The summed E-state index contributed by atoms with van der Waals surface area (Å²) in [7, 11) is -4.07. The van der Waals surface area contributed by atoms with E-state index < -0.39 is 13.5 Å². The average Bonchev–Trinajstić information content (AvgIpc) is 2.69. The third kappa shape index (κ3) is 2.73. The van der Waals surface area contributed by atoms with E-state index in [0.717, 1.165) is 0 Å². The smallest absolute Gasteiger partial charge is 0.325 e. The SMILES string of the molecule is NC(=O)c1cn2c(CCP(=O)(O)O)ccnc2n1. The van der Waals surface area contributed by atoms with Crippen molar-refractivity contribution in [3.8, 4) is 0 Å². The fraction of sp³-hybridized carbons (Fsp3) is 0.222. The average molecular weight is 270 g/mol. The molecule has 0 fully saturated rings. The second kappa shape index (κ2) is 4.49. The first-order valence-corrected chi connectivity index (χ1v) is 6.84. The van der Waals surface area contributed by atoms with Crippen molar-refractivity contribution in [2.24, 2.45) is 5.73 Å². The summed E-state index contributed by atoms with van der Waals surface area (Å²) < 4.78 is 12.3. The van der Waals surface area contributed by atoms with Gasteiger partial charge in [0.2, 0.25) is 5.78 Å². The highest BCUT2D eigenvalue weighted by molar-refractivity contribution is 7.51. The summed E-state index contributed by atoms with van der Waals surface area (Å²) in [5.41, 5.74) is 5.77. The number of imidazole rings is 1. The van der Waals surface area contributed by atoms with Crippen LogP contribution in [0.15, 0.2) is 18.5 Å². The molecule has 0 saturated carbocycles. The van der Waals surface area contributed by atoms with E-state index in [1.807, 2.05) is 0 Å². The lowest BCUT2D eigenvalue weighted by Crippen LogP contribution is -2.11. The summed E-state index contributed by atoms with van der Waals surface area (Å²) in [4.78, 5) is 36.5. The molecule has 0 saturated heterocycles. The molecular formula is C9H11N4O4P. The standard InChI is InChI=1S/C9H11N4O4P/c10-8(14)7-5-13-6(2-4-18(15,16)17)1-3-11-9(13)12-7/h1,3,5H,2,4H2,(H2,10,14)(H2,15,16,17). The normalized spacial score (nSPS) is 11.9. The molecule has 0 aliphatic heterocycles. The van der Waals surface area contributed by atoms with E-state index >= 15 is 0 Å². The van der Waals surface area contributed by atoms with Crippen LogP contribution in [0.4, 0.5) is 0 Å².